The molecule has 0 bridgehead atoms. The van der Waals surface area contributed by atoms with Crippen molar-refractivity contribution in [2.45, 2.75) is 13.1 Å². The first-order chi connectivity index (χ1) is 4.86. The first-order valence-electron chi connectivity index (χ1n) is 3.44. The van der Waals surface area contributed by atoms with Gasteiger partial charge in [0, 0.05) is 12.1 Å². The first kappa shape index (κ1) is 7.25. The Balaban J connectivity index is 2.87. The van der Waals surface area contributed by atoms with Crippen molar-refractivity contribution in [3.05, 3.63) is 35.4 Å². The fourth-order valence-corrected chi connectivity index (χ4v) is 0.912. The Kier molecular flexibility index (Phi) is 2.42. The zero-order valence-electron chi connectivity index (χ0n) is 6.01. The SMILES string of the molecule is NCc1cccc(C[NH3+])c1. The summed E-state index contributed by atoms with van der Waals surface area (Å²) in [5, 5.41) is 0. The van der Waals surface area contributed by atoms with Crippen LogP contribution in [0.3, 0.4) is 0 Å². The van der Waals surface area contributed by atoms with Crippen LogP contribution in [0.2, 0.25) is 0 Å². The predicted molar refractivity (Wildman–Crippen MR) is 40.9 cm³/mol. The molecule has 0 saturated heterocycles. The summed E-state index contributed by atoms with van der Waals surface area (Å²) in [6.45, 7) is 1.46. The quantitative estimate of drug-likeness (QED) is 0.587. The fourth-order valence-electron chi connectivity index (χ4n) is 0.912. The van der Waals surface area contributed by atoms with Crippen molar-refractivity contribution in [3.8, 4) is 0 Å². The number of quaternary nitrogens is 1. The van der Waals surface area contributed by atoms with Gasteiger partial charge in [0.1, 0.15) is 0 Å². The summed E-state index contributed by atoms with van der Waals surface area (Å²) in [7, 11) is 0. The molecule has 54 valence electrons. The average Bonchev–Trinajstić information content (AvgIpc) is 2.05. The zero-order valence-corrected chi connectivity index (χ0v) is 6.01. The van der Waals surface area contributed by atoms with Crippen molar-refractivity contribution in [1.29, 1.82) is 0 Å². The van der Waals surface area contributed by atoms with E-state index in [1.165, 1.54) is 11.1 Å². The highest BCUT2D eigenvalue weighted by molar-refractivity contribution is 5.22. The molecule has 0 heterocycles. The molecule has 1 rings (SSSR count). The van der Waals surface area contributed by atoms with Gasteiger partial charge < -0.3 is 11.5 Å². The van der Waals surface area contributed by atoms with E-state index in [0.29, 0.717) is 6.54 Å². The maximum atomic E-state index is 5.45. The van der Waals surface area contributed by atoms with E-state index in [4.69, 9.17) is 5.73 Å². The molecule has 1 aromatic carbocycles. The van der Waals surface area contributed by atoms with Crippen LogP contribution in [0.5, 0.6) is 0 Å². The topological polar surface area (TPSA) is 53.7 Å². The van der Waals surface area contributed by atoms with Gasteiger partial charge in [0.2, 0.25) is 0 Å². The molecule has 2 nitrogen and oxygen atoms in total. The van der Waals surface area contributed by atoms with Crippen LogP contribution in [-0.2, 0) is 13.1 Å². The summed E-state index contributed by atoms with van der Waals surface area (Å²) in [4.78, 5) is 0. The molecule has 1 aromatic rings. The van der Waals surface area contributed by atoms with Crippen molar-refractivity contribution in [2.75, 3.05) is 0 Å². The summed E-state index contributed by atoms with van der Waals surface area (Å²) in [6.07, 6.45) is 0. The minimum Gasteiger partial charge on any atom is -0.354 e. The highest BCUT2D eigenvalue weighted by Gasteiger charge is 1.91. The second-order valence-electron chi connectivity index (χ2n) is 2.27. The summed E-state index contributed by atoms with van der Waals surface area (Å²) >= 11 is 0. The van der Waals surface area contributed by atoms with E-state index in [1.54, 1.807) is 0 Å². The lowest BCUT2D eigenvalue weighted by Gasteiger charge is -1.97. The molecule has 0 fully saturated rings. The summed E-state index contributed by atoms with van der Waals surface area (Å²) in [5.74, 6) is 0. The van der Waals surface area contributed by atoms with Crippen LogP contribution in [0.4, 0.5) is 0 Å². The van der Waals surface area contributed by atoms with Crippen LogP contribution in [0.25, 0.3) is 0 Å². The van der Waals surface area contributed by atoms with Gasteiger partial charge >= 0.3 is 0 Å². The molecule has 0 aliphatic carbocycles. The molecular weight excluding hydrogens is 124 g/mol. The van der Waals surface area contributed by atoms with Crippen LogP contribution in [-0.4, -0.2) is 0 Å². The van der Waals surface area contributed by atoms with Gasteiger partial charge in [-0.15, -0.1) is 0 Å². The van der Waals surface area contributed by atoms with Crippen molar-refractivity contribution in [2.24, 2.45) is 5.73 Å². The van der Waals surface area contributed by atoms with Crippen molar-refractivity contribution >= 4 is 0 Å². The minimum atomic E-state index is 0.619. The van der Waals surface area contributed by atoms with Crippen LogP contribution < -0.4 is 11.5 Å². The van der Waals surface area contributed by atoms with Gasteiger partial charge in [0.25, 0.3) is 0 Å². The summed E-state index contributed by atoms with van der Waals surface area (Å²) in [5.41, 5.74) is 11.7. The monoisotopic (exact) mass is 137 g/mol. The Morgan fingerprint density at radius 2 is 2.00 bits per heavy atom. The first-order valence-corrected chi connectivity index (χ1v) is 3.44. The van der Waals surface area contributed by atoms with Gasteiger partial charge in [-0.05, 0) is 11.6 Å². The molecule has 0 radical (unpaired) electrons. The molecule has 0 saturated carbocycles. The Bertz CT molecular complexity index is 189. The molecule has 0 amide bonds. The van der Waals surface area contributed by atoms with E-state index in [2.05, 4.69) is 17.9 Å². The lowest BCUT2D eigenvalue weighted by molar-refractivity contribution is -0.386. The van der Waals surface area contributed by atoms with E-state index < -0.39 is 0 Å². The second kappa shape index (κ2) is 3.34. The highest BCUT2D eigenvalue weighted by atomic mass is 14.5. The van der Waals surface area contributed by atoms with Crippen molar-refractivity contribution < 1.29 is 5.73 Å². The molecule has 0 spiro atoms. The van der Waals surface area contributed by atoms with Crippen LogP contribution >= 0.6 is 0 Å². The van der Waals surface area contributed by atoms with E-state index in [1.807, 2.05) is 12.1 Å². The highest BCUT2D eigenvalue weighted by Crippen LogP contribution is 2.02. The molecule has 10 heavy (non-hydrogen) atoms. The largest absolute Gasteiger partial charge is 0.354 e. The minimum absolute atomic E-state index is 0.619. The Hall–Kier alpha value is -0.860. The third-order valence-electron chi connectivity index (χ3n) is 1.52. The van der Waals surface area contributed by atoms with E-state index in [0.717, 1.165) is 6.54 Å². The van der Waals surface area contributed by atoms with E-state index in [9.17, 15) is 0 Å². The third-order valence-corrected chi connectivity index (χ3v) is 1.52. The summed E-state index contributed by atoms with van der Waals surface area (Å²) < 4.78 is 0. The van der Waals surface area contributed by atoms with Crippen LogP contribution in [0.1, 0.15) is 11.1 Å². The number of nitrogens with two attached hydrogens (primary N) is 1. The molecule has 2 heteroatoms. The van der Waals surface area contributed by atoms with Crippen molar-refractivity contribution in [1.82, 2.24) is 0 Å². The molecule has 5 N–H and O–H groups in total. The maximum absolute atomic E-state index is 5.45. The molecular formula is C8H13N2+. The third kappa shape index (κ3) is 1.56. The van der Waals surface area contributed by atoms with Gasteiger partial charge in [-0.2, -0.15) is 0 Å². The Morgan fingerprint density at radius 3 is 2.60 bits per heavy atom. The Morgan fingerprint density at radius 1 is 1.30 bits per heavy atom. The van der Waals surface area contributed by atoms with Gasteiger partial charge in [0.15, 0.2) is 0 Å². The number of hydrogen-bond acceptors (Lipinski definition) is 1. The normalized spacial score (nSPS) is 9.80. The second-order valence-corrected chi connectivity index (χ2v) is 2.27. The zero-order chi connectivity index (χ0) is 7.40. The lowest BCUT2D eigenvalue weighted by Crippen LogP contribution is -2.47. The van der Waals surface area contributed by atoms with Crippen LogP contribution in [0, 0.1) is 0 Å². The number of rotatable bonds is 2. The molecule has 0 atom stereocenters. The van der Waals surface area contributed by atoms with E-state index >= 15 is 0 Å². The Labute approximate surface area is 60.8 Å². The average molecular weight is 137 g/mol. The lowest BCUT2D eigenvalue weighted by atomic mass is 10.1. The standard InChI is InChI=1S/C8H12N2/c9-5-7-2-1-3-8(4-7)6-10/h1-4H,5-6,9-10H2/p+1. The van der Waals surface area contributed by atoms with Crippen molar-refractivity contribution in [3.63, 3.8) is 0 Å². The fraction of sp³-hybridized carbons (Fsp3) is 0.250. The number of hydrogen-bond donors (Lipinski definition) is 2. The van der Waals surface area contributed by atoms with Crippen LogP contribution in [0.15, 0.2) is 24.3 Å². The van der Waals surface area contributed by atoms with Gasteiger partial charge in [-0.25, -0.2) is 0 Å². The molecule has 0 aliphatic heterocycles. The van der Waals surface area contributed by atoms with E-state index in [-0.39, 0.29) is 0 Å². The smallest absolute Gasteiger partial charge is 0.0997 e. The maximum Gasteiger partial charge on any atom is 0.0997 e. The predicted octanol–water partition coefficient (Wildman–Crippen LogP) is -0.113. The van der Waals surface area contributed by atoms with Gasteiger partial charge in [-0.3, -0.25) is 0 Å². The summed E-state index contributed by atoms with van der Waals surface area (Å²) in [6, 6.07) is 8.20. The van der Waals surface area contributed by atoms with Gasteiger partial charge in [0.05, 0.1) is 6.54 Å². The number of benzene rings is 1. The molecule has 0 aromatic heterocycles. The molecule has 0 aliphatic rings. The molecule has 0 unspecified atom stereocenters. The van der Waals surface area contributed by atoms with Gasteiger partial charge in [-0.1, -0.05) is 18.2 Å².